The first-order valence-electron chi connectivity index (χ1n) is 9.31. The van der Waals surface area contributed by atoms with Crippen molar-refractivity contribution in [3.63, 3.8) is 0 Å². The van der Waals surface area contributed by atoms with E-state index in [0.29, 0.717) is 11.3 Å². The highest BCUT2D eigenvalue weighted by Gasteiger charge is 2.21. The van der Waals surface area contributed by atoms with E-state index in [2.05, 4.69) is 27.2 Å². The van der Waals surface area contributed by atoms with Crippen molar-refractivity contribution in [3.05, 3.63) is 65.2 Å². The molecule has 0 saturated carbocycles. The zero-order valence-electron chi connectivity index (χ0n) is 16.6. The molecule has 3 rings (SSSR count). The second-order valence-electron chi connectivity index (χ2n) is 6.39. The summed E-state index contributed by atoms with van der Waals surface area (Å²) in [7, 11) is -3.85. The lowest BCUT2D eigenvalue weighted by Crippen LogP contribution is -2.28. The normalized spacial score (nSPS) is 11.3. The Morgan fingerprint density at radius 1 is 1.10 bits per heavy atom. The van der Waals surface area contributed by atoms with Gasteiger partial charge >= 0.3 is 0 Å². The molecule has 0 aliphatic rings. The summed E-state index contributed by atoms with van der Waals surface area (Å²) in [5, 5.41) is 10.1. The Balaban J connectivity index is 1.53. The smallest absolute Gasteiger partial charge is 0.269 e. The number of nitrogens with zero attached hydrogens (tertiary/aromatic N) is 2. The number of aryl methyl sites for hydroxylation is 2. The molecule has 0 unspecified atom stereocenters. The molecule has 0 saturated heterocycles. The maximum Gasteiger partial charge on any atom is 0.269 e. The van der Waals surface area contributed by atoms with Gasteiger partial charge in [-0.15, -0.1) is 10.2 Å². The maximum absolute atomic E-state index is 12.4. The number of ether oxygens (including phenoxy) is 1. The van der Waals surface area contributed by atoms with Crippen LogP contribution in [-0.2, 0) is 16.4 Å². The molecule has 1 amide bonds. The largest absolute Gasteiger partial charge is 0.492 e. The van der Waals surface area contributed by atoms with Crippen LogP contribution in [0.3, 0.4) is 0 Å². The van der Waals surface area contributed by atoms with Gasteiger partial charge in [0, 0.05) is 12.1 Å². The first kappa shape index (κ1) is 21.9. The Morgan fingerprint density at radius 2 is 1.83 bits per heavy atom. The van der Waals surface area contributed by atoms with E-state index in [1.165, 1.54) is 5.56 Å². The molecule has 30 heavy (non-hydrogen) atoms. The third kappa shape index (κ3) is 5.62. The lowest BCUT2D eigenvalue weighted by atomic mass is 10.1. The average molecular weight is 447 g/mol. The molecule has 0 fully saturated rings. The number of anilines is 1. The van der Waals surface area contributed by atoms with Crippen LogP contribution in [0.4, 0.5) is 5.13 Å². The van der Waals surface area contributed by atoms with Crippen LogP contribution in [-0.4, -0.2) is 37.7 Å². The van der Waals surface area contributed by atoms with Gasteiger partial charge in [-0.2, -0.15) is 0 Å². The number of carbonyl (C=O) groups excluding carboxylic acids is 1. The maximum atomic E-state index is 12.4. The zero-order valence-corrected chi connectivity index (χ0v) is 18.2. The molecule has 0 spiro atoms. The van der Waals surface area contributed by atoms with Crippen molar-refractivity contribution in [1.29, 1.82) is 0 Å². The summed E-state index contributed by atoms with van der Waals surface area (Å²) in [6.07, 6.45) is 0.940. The number of benzene rings is 2. The number of nitrogens with one attached hydrogen (secondary N) is 2. The van der Waals surface area contributed by atoms with E-state index in [4.69, 9.17) is 4.74 Å². The second-order valence-corrected chi connectivity index (χ2v) is 9.30. The number of carbonyl (C=O) groups is 1. The fraction of sp³-hybridized carbons (Fsp3) is 0.250. The third-order valence-corrected chi connectivity index (χ3v) is 6.91. The molecule has 0 bridgehead atoms. The number of hydrogen-bond acceptors (Lipinski definition) is 7. The molecule has 0 aliphatic carbocycles. The Hall–Kier alpha value is -2.82. The molecule has 1 heterocycles. The molecule has 2 N–H and O–H groups in total. The minimum atomic E-state index is -3.85. The predicted octanol–water partition coefficient (Wildman–Crippen LogP) is 3.02. The van der Waals surface area contributed by atoms with Gasteiger partial charge in [-0.1, -0.05) is 48.6 Å². The number of aromatic nitrogens is 2. The third-order valence-electron chi connectivity index (χ3n) is 4.24. The van der Waals surface area contributed by atoms with Crippen molar-refractivity contribution < 1.29 is 17.9 Å². The number of sulfonamides is 1. The van der Waals surface area contributed by atoms with Crippen molar-refractivity contribution in [1.82, 2.24) is 14.9 Å². The van der Waals surface area contributed by atoms with Crippen molar-refractivity contribution in [3.8, 4) is 5.75 Å². The monoisotopic (exact) mass is 446 g/mol. The molecule has 3 aromatic rings. The standard InChI is InChI=1S/C20H22N4O4S2/c1-3-15-8-10-16(11-9-15)28-13-12-21-30(26,27)20-24-23-19(29-20)22-18(25)17-7-5-4-6-14(17)2/h4-11,21H,3,12-13H2,1-2H3,(H,22,23,25). The van der Waals surface area contributed by atoms with Crippen LogP contribution in [0.1, 0.15) is 28.4 Å². The molecular weight excluding hydrogens is 424 g/mol. The van der Waals surface area contributed by atoms with E-state index in [9.17, 15) is 13.2 Å². The van der Waals surface area contributed by atoms with E-state index in [-0.39, 0.29) is 28.5 Å². The molecule has 158 valence electrons. The molecule has 0 radical (unpaired) electrons. The Kier molecular flexibility index (Phi) is 7.14. The fourth-order valence-electron chi connectivity index (χ4n) is 2.59. The van der Waals surface area contributed by atoms with Gasteiger partial charge in [-0.05, 0) is 42.7 Å². The highest BCUT2D eigenvalue weighted by atomic mass is 32.2. The lowest BCUT2D eigenvalue weighted by Gasteiger charge is -2.07. The van der Waals surface area contributed by atoms with Gasteiger partial charge in [0.1, 0.15) is 12.4 Å². The topological polar surface area (TPSA) is 110 Å². The van der Waals surface area contributed by atoms with Crippen LogP contribution in [0, 0.1) is 6.92 Å². The van der Waals surface area contributed by atoms with E-state index >= 15 is 0 Å². The van der Waals surface area contributed by atoms with Gasteiger partial charge in [0.2, 0.25) is 9.47 Å². The first-order chi connectivity index (χ1) is 14.4. The van der Waals surface area contributed by atoms with Crippen LogP contribution < -0.4 is 14.8 Å². The first-order valence-corrected chi connectivity index (χ1v) is 11.6. The fourth-order valence-corrected chi connectivity index (χ4v) is 4.54. The summed E-state index contributed by atoms with van der Waals surface area (Å²) in [6, 6.07) is 14.7. The van der Waals surface area contributed by atoms with Crippen molar-refractivity contribution in [2.75, 3.05) is 18.5 Å². The summed E-state index contributed by atoms with van der Waals surface area (Å²) >= 11 is 0.782. The van der Waals surface area contributed by atoms with Crippen LogP contribution in [0.5, 0.6) is 5.75 Å². The van der Waals surface area contributed by atoms with E-state index in [1.54, 1.807) is 12.1 Å². The minimum absolute atomic E-state index is 0.0718. The number of rotatable bonds is 9. The predicted molar refractivity (Wildman–Crippen MR) is 116 cm³/mol. The summed E-state index contributed by atoms with van der Waals surface area (Å²) in [6.45, 7) is 4.12. The highest BCUT2D eigenvalue weighted by molar-refractivity contribution is 7.91. The summed E-state index contributed by atoms with van der Waals surface area (Å²) in [4.78, 5) is 12.3. The van der Waals surface area contributed by atoms with Crippen molar-refractivity contribution in [2.24, 2.45) is 0 Å². The number of hydrogen-bond donors (Lipinski definition) is 2. The van der Waals surface area contributed by atoms with Gasteiger partial charge in [0.15, 0.2) is 0 Å². The van der Waals surface area contributed by atoms with E-state index in [1.807, 2.05) is 43.3 Å². The zero-order chi connectivity index (χ0) is 21.6. The minimum Gasteiger partial charge on any atom is -0.492 e. The second kappa shape index (κ2) is 9.79. The van der Waals surface area contributed by atoms with Gasteiger partial charge in [-0.3, -0.25) is 10.1 Å². The van der Waals surface area contributed by atoms with Crippen molar-refractivity contribution >= 4 is 32.4 Å². The van der Waals surface area contributed by atoms with Gasteiger partial charge < -0.3 is 4.74 Å². The van der Waals surface area contributed by atoms with Gasteiger partial charge in [-0.25, -0.2) is 13.1 Å². The summed E-state index contributed by atoms with van der Waals surface area (Å²) < 4.78 is 32.5. The molecule has 0 aliphatic heterocycles. The molecule has 2 aromatic carbocycles. The Labute approximate surface area is 179 Å². The van der Waals surface area contributed by atoms with E-state index in [0.717, 1.165) is 23.3 Å². The van der Waals surface area contributed by atoms with Gasteiger partial charge in [0.05, 0.1) is 0 Å². The lowest BCUT2D eigenvalue weighted by molar-refractivity contribution is 0.102. The van der Waals surface area contributed by atoms with Crippen molar-refractivity contribution in [2.45, 2.75) is 24.6 Å². The molecular formula is C20H22N4O4S2. The molecule has 8 nitrogen and oxygen atoms in total. The van der Waals surface area contributed by atoms with Crippen LogP contribution in [0.15, 0.2) is 52.9 Å². The highest BCUT2D eigenvalue weighted by Crippen LogP contribution is 2.21. The SMILES string of the molecule is CCc1ccc(OCCNS(=O)(=O)c2nnc(NC(=O)c3ccccc3C)s2)cc1. The Morgan fingerprint density at radius 3 is 2.53 bits per heavy atom. The number of amides is 1. The van der Waals surface area contributed by atoms with Gasteiger partial charge in [0.25, 0.3) is 15.9 Å². The quantitative estimate of drug-likeness (QED) is 0.386. The average Bonchev–Trinajstić information content (AvgIpc) is 3.21. The van der Waals surface area contributed by atoms with Crippen LogP contribution in [0.2, 0.25) is 0 Å². The Bertz CT molecular complexity index is 1110. The summed E-state index contributed by atoms with van der Waals surface area (Å²) in [5.41, 5.74) is 2.49. The summed E-state index contributed by atoms with van der Waals surface area (Å²) in [5.74, 6) is 0.298. The van der Waals surface area contributed by atoms with Crippen LogP contribution in [0.25, 0.3) is 0 Å². The molecule has 10 heteroatoms. The van der Waals surface area contributed by atoms with E-state index < -0.39 is 10.0 Å². The molecule has 1 aromatic heterocycles. The van der Waals surface area contributed by atoms with Crippen LogP contribution >= 0.6 is 11.3 Å². The molecule has 0 atom stereocenters.